The van der Waals surface area contributed by atoms with Crippen LogP contribution in [0.5, 0.6) is 0 Å². The van der Waals surface area contributed by atoms with Crippen molar-refractivity contribution in [3.8, 4) is 6.07 Å². The lowest BCUT2D eigenvalue weighted by Crippen LogP contribution is -2.57. The first kappa shape index (κ1) is 16.7. The van der Waals surface area contributed by atoms with Crippen LogP contribution in [0, 0.1) is 11.3 Å². The Hall–Kier alpha value is -1.16. The number of nitriles is 1. The summed E-state index contributed by atoms with van der Waals surface area (Å²) in [6.07, 6.45) is 6.33. The summed E-state index contributed by atoms with van der Waals surface area (Å²) in [4.78, 5) is 14.8. The lowest BCUT2D eigenvalue weighted by atomic mass is 9.82. The first-order valence-electron chi connectivity index (χ1n) is 8.83. The summed E-state index contributed by atoms with van der Waals surface area (Å²) in [6.45, 7) is 4.83. The van der Waals surface area contributed by atoms with Gasteiger partial charge in [-0.25, -0.2) is 0 Å². The second-order valence-electron chi connectivity index (χ2n) is 7.06. The van der Waals surface area contributed by atoms with Crippen LogP contribution in [0.15, 0.2) is 0 Å². The predicted molar refractivity (Wildman–Crippen MR) is 84.5 cm³/mol. The number of nitrogens with one attached hydrogen (secondary N) is 1. The molecule has 0 aromatic rings. The SMILES string of the molecule is CC(C(=O)NC1(C#N)CCCCC1)N1CCC2(CC1)OCCO2. The number of ether oxygens (including phenoxy) is 2. The van der Waals surface area contributed by atoms with Crippen LogP contribution in [-0.4, -0.2) is 54.5 Å². The number of hydrogen-bond acceptors (Lipinski definition) is 5. The second kappa shape index (κ2) is 6.76. The van der Waals surface area contributed by atoms with E-state index in [1.54, 1.807) is 0 Å². The maximum absolute atomic E-state index is 12.6. The Balaban J connectivity index is 1.54. The Kier molecular flexibility index (Phi) is 4.90. The zero-order valence-corrected chi connectivity index (χ0v) is 14.0. The standard InChI is InChI=1S/C17H27N3O3/c1-14(15(21)19-16(13-18)5-3-2-4-6-16)20-9-7-17(8-10-20)22-11-12-23-17/h14H,2-12H2,1H3,(H,19,21). The van der Waals surface area contributed by atoms with Gasteiger partial charge < -0.3 is 14.8 Å². The van der Waals surface area contributed by atoms with Gasteiger partial charge in [0.15, 0.2) is 5.79 Å². The number of carbonyl (C=O) groups excluding carboxylic acids is 1. The zero-order chi connectivity index (χ0) is 16.3. The quantitative estimate of drug-likeness (QED) is 0.854. The van der Waals surface area contributed by atoms with E-state index >= 15 is 0 Å². The van der Waals surface area contributed by atoms with Gasteiger partial charge in [-0.2, -0.15) is 5.26 Å². The van der Waals surface area contributed by atoms with Gasteiger partial charge in [0, 0.05) is 25.9 Å². The van der Waals surface area contributed by atoms with E-state index in [2.05, 4.69) is 16.3 Å². The van der Waals surface area contributed by atoms with E-state index in [1.165, 1.54) is 0 Å². The van der Waals surface area contributed by atoms with Gasteiger partial charge in [-0.15, -0.1) is 0 Å². The van der Waals surface area contributed by atoms with Crippen molar-refractivity contribution in [2.24, 2.45) is 0 Å². The van der Waals surface area contributed by atoms with Gasteiger partial charge in [-0.05, 0) is 19.8 Å². The molecule has 0 bridgehead atoms. The van der Waals surface area contributed by atoms with Gasteiger partial charge in [0.05, 0.1) is 25.3 Å². The fourth-order valence-corrected chi connectivity index (χ4v) is 3.96. The largest absolute Gasteiger partial charge is 0.347 e. The minimum atomic E-state index is -0.654. The highest BCUT2D eigenvalue weighted by Gasteiger charge is 2.42. The fourth-order valence-electron chi connectivity index (χ4n) is 3.96. The minimum Gasteiger partial charge on any atom is -0.347 e. The fraction of sp³-hybridized carbons (Fsp3) is 0.882. The molecule has 1 spiro atoms. The smallest absolute Gasteiger partial charge is 0.238 e. The highest BCUT2D eigenvalue weighted by atomic mass is 16.7. The number of likely N-dealkylation sites (tertiary alicyclic amines) is 1. The Morgan fingerprint density at radius 2 is 1.74 bits per heavy atom. The molecule has 1 aliphatic carbocycles. The first-order chi connectivity index (χ1) is 11.1. The normalized spacial score (nSPS) is 28.2. The molecular formula is C17H27N3O3. The lowest BCUT2D eigenvalue weighted by molar-refractivity contribution is -0.188. The van der Waals surface area contributed by atoms with Crippen LogP contribution in [0.25, 0.3) is 0 Å². The molecule has 1 N–H and O–H groups in total. The Morgan fingerprint density at radius 1 is 1.13 bits per heavy atom. The van der Waals surface area contributed by atoms with Crippen LogP contribution < -0.4 is 5.32 Å². The maximum Gasteiger partial charge on any atom is 0.238 e. The van der Waals surface area contributed by atoms with E-state index in [-0.39, 0.29) is 11.9 Å². The number of hydrogen-bond donors (Lipinski definition) is 1. The van der Waals surface area contributed by atoms with Gasteiger partial charge in [0.2, 0.25) is 5.91 Å². The van der Waals surface area contributed by atoms with E-state index in [1.807, 2.05) is 6.92 Å². The van der Waals surface area contributed by atoms with Crippen LogP contribution in [0.2, 0.25) is 0 Å². The van der Waals surface area contributed by atoms with Gasteiger partial charge in [0.1, 0.15) is 5.54 Å². The van der Waals surface area contributed by atoms with Crippen molar-refractivity contribution in [2.75, 3.05) is 26.3 Å². The highest BCUT2D eigenvalue weighted by molar-refractivity contribution is 5.82. The molecule has 1 amide bonds. The molecule has 0 aromatic carbocycles. The molecule has 6 nitrogen and oxygen atoms in total. The average Bonchev–Trinajstić information content (AvgIpc) is 3.04. The highest BCUT2D eigenvalue weighted by Crippen LogP contribution is 2.32. The summed E-state index contributed by atoms with van der Waals surface area (Å²) in [5.41, 5.74) is -0.654. The summed E-state index contributed by atoms with van der Waals surface area (Å²) in [5.74, 6) is -0.443. The molecule has 3 aliphatic rings. The van der Waals surface area contributed by atoms with Crippen molar-refractivity contribution >= 4 is 5.91 Å². The molecule has 1 saturated carbocycles. The topological polar surface area (TPSA) is 74.6 Å². The van der Waals surface area contributed by atoms with Crippen LogP contribution in [0.4, 0.5) is 0 Å². The molecule has 128 valence electrons. The van der Waals surface area contributed by atoms with Crippen molar-refractivity contribution in [1.29, 1.82) is 5.26 Å². The van der Waals surface area contributed by atoms with E-state index in [9.17, 15) is 10.1 Å². The van der Waals surface area contributed by atoms with Crippen LogP contribution in [-0.2, 0) is 14.3 Å². The monoisotopic (exact) mass is 321 g/mol. The summed E-state index contributed by atoms with van der Waals surface area (Å²) >= 11 is 0. The van der Waals surface area contributed by atoms with E-state index in [0.29, 0.717) is 13.2 Å². The molecule has 2 saturated heterocycles. The van der Waals surface area contributed by atoms with Gasteiger partial charge in [-0.1, -0.05) is 19.3 Å². The molecule has 6 heteroatoms. The third-order valence-corrected chi connectivity index (χ3v) is 5.58. The number of amides is 1. The zero-order valence-electron chi connectivity index (χ0n) is 14.0. The number of piperidine rings is 1. The van der Waals surface area contributed by atoms with Crippen molar-refractivity contribution in [3.63, 3.8) is 0 Å². The average molecular weight is 321 g/mol. The second-order valence-corrected chi connectivity index (χ2v) is 7.06. The van der Waals surface area contributed by atoms with Crippen molar-refractivity contribution < 1.29 is 14.3 Å². The number of carbonyl (C=O) groups is 1. The predicted octanol–water partition coefficient (Wildman–Crippen LogP) is 1.56. The van der Waals surface area contributed by atoms with Gasteiger partial charge in [-0.3, -0.25) is 9.69 Å². The van der Waals surface area contributed by atoms with Gasteiger partial charge >= 0.3 is 0 Å². The molecule has 1 atom stereocenters. The Bertz CT molecular complexity index is 466. The van der Waals surface area contributed by atoms with E-state index in [0.717, 1.165) is 58.0 Å². The Morgan fingerprint density at radius 3 is 2.30 bits per heavy atom. The summed E-state index contributed by atoms with van der Waals surface area (Å²) in [7, 11) is 0. The minimum absolute atomic E-state index is 0.0299. The third kappa shape index (κ3) is 3.52. The van der Waals surface area contributed by atoms with E-state index in [4.69, 9.17) is 9.47 Å². The number of nitrogens with zero attached hydrogens (tertiary/aromatic N) is 2. The molecule has 23 heavy (non-hydrogen) atoms. The molecule has 2 aliphatic heterocycles. The van der Waals surface area contributed by atoms with E-state index < -0.39 is 11.3 Å². The summed E-state index contributed by atoms with van der Waals surface area (Å²) in [6, 6.07) is 2.13. The lowest BCUT2D eigenvalue weighted by Gasteiger charge is -2.40. The van der Waals surface area contributed by atoms with Crippen LogP contribution in [0.1, 0.15) is 51.9 Å². The Labute approximate surface area is 138 Å². The molecule has 3 rings (SSSR count). The van der Waals surface area contributed by atoms with Crippen molar-refractivity contribution in [2.45, 2.75) is 69.2 Å². The first-order valence-corrected chi connectivity index (χ1v) is 8.83. The number of rotatable bonds is 3. The third-order valence-electron chi connectivity index (χ3n) is 5.58. The van der Waals surface area contributed by atoms with Crippen molar-refractivity contribution in [1.82, 2.24) is 10.2 Å². The molecule has 0 aromatic heterocycles. The van der Waals surface area contributed by atoms with Crippen LogP contribution >= 0.6 is 0 Å². The molecule has 3 fully saturated rings. The molecule has 0 radical (unpaired) electrons. The molecule has 1 unspecified atom stereocenters. The maximum atomic E-state index is 12.6. The molecule has 2 heterocycles. The van der Waals surface area contributed by atoms with Crippen molar-refractivity contribution in [3.05, 3.63) is 0 Å². The van der Waals surface area contributed by atoms with Gasteiger partial charge in [0.25, 0.3) is 0 Å². The van der Waals surface area contributed by atoms with Crippen LogP contribution in [0.3, 0.4) is 0 Å². The molecular weight excluding hydrogens is 294 g/mol. The summed E-state index contributed by atoms with van der Waals surface area (Å²) in [5, 5.41) is 12.5. The summed E-state index contributed by atoms with van der Waals surface area (Å²) < 4.78 is 11.5.